The van der Waals surface area contributed by atoms with Gasteiger partial charge in [-0.25, -0.2) is 8.42 Å². The lowest BCUT2D eigenvalue weighted by Gasteiger charge is -2.24. The van der Waals surface area contributed by atoms with Crippen molar-refractivity contribution in [2.75, 3.05) is 61.0 Å². The molecule has 1 aliphatic heterocycles. The second-order valence-electron chi connectivity index (χ2n) is 5.16. The Morgan fingerprint density at radius 2 is 1.50 bits per heavy atom. The molecule has 1 fully saturated rings. The summed E-state index contributed by atoms with van der Waals surface area (Å²) in [6.07, 6.45) is 0. The third-order valence-corrected chi connectivity index (χ3v) is 1.55. The fourth-order valence-corrected chi connectivity index (χ4v) is 0.917. The Morgan fingerprint density at radius 3 is 1.67 bits per heavy atom. The highest BCUT2D eigenvalue weighted by atomic mass is 32.3. The minimum atomic E-state index is -4.92. The molecule has 1 rings (SSSR count). The summed E-state index contributed by atoms with van der Waals surface area (Å²) in [4.78, 5) is 2.39. The van der Waals surface area contributed by atoms with Crippen LogP contribution in [0, 0.1) is 0 Å². The molecule has 0 aliphatic carbocycles. The van der Waals surface area contributed by atoms with Gasteiger partial charge in [0.15, 0.2) is 0 Å². The summed E-state index contributed by atoms with van der Waals surface area (Å²) in [5.41, 5.74) is 0. The van der Waals surface area contributed by atoms with Crippen molar-refractivity contribution < 1.29 is 26.7 Å². The Kier molecular flexibility index (Phi) is 10.8. The summed E-state index contributed by atoms with van der Waals surface area (Å²) in [6, 6.07) is 0. The maximum Gasteiger partial charge on any atom is 0.215 e. The number of nitrogens with zero attached hydrogens (tertiary/aromatic N) is 2. The third-order valence-electron chi connectivity index (χ3n) is 1.55. The van der Waals surface area contributed by atoms with Crippen LogP contribution < -0.4 is 0 Å². The number of likely N-dealkylation sites (N-methyl/N-ethyl adjacent to an activating group) is 1. The van der Waals surface area contributed by atoms with Crippen LogP contribution in [0.5, 0.6) is 0 Å². The van der Waals surface area contributed by atoms with Gasteiger partial charge in [0.1, 0.15) is 0 Å². The molecular weight excluding hydrogens is 260 g/mol. The van der Waals surface area contributed by atoms with Gasteiger partial charge in [-0.2, -0.15) is 0 Å². The summed E-state index contributed by atoms with van der Waals surface area (Å²) in [6.45, 7) is 7.45. The van der Waals surface area contributed by atoms with E-state index in [9.17, 15) is 0 Å². The lowest BCUT2D eigenvalue weighted by atomic mass is 10.4. The summed E-state index contributed by atoms with van der Waals surface area (Å²) in [7, 11) is 3.58. The van der Waals surface area contributed by atoms with Crippen molar-refractivity contribution in [2.45, 2.75) is 6.92 Å². The van der Waals surface area contributed by atoms with Gasteiger partial charge in [-0.3, -0.25) is 9.45 Å². The van der Waals surface area contributed by atoms with E-state index in [2.05, 4.69) is 40.0 Å². The molecule has 1 heterocycles. The topological polar surface area (TPSA) is 89.9 Å². The molecule has 0 atom stereocenters. The standard InChI is InChI=1S/C6H13NO.C4H12N.H2O4S/c1-2-7-3-5-8-6-4-7;2*1-5(2,3)4/h2-6H2,1H3;1-4H3;(H2,1,2,3,4)/q;+1;/p-1. The Balaban J connectivity index is 0. The Hall–Kier alpha value is -0.250. The van der Waals surface area contributed by atoms with Crippen LogP contribution in [0.25, 0.3) is 0 Å². The lowest BCUT2D eigenvalue weighted by molar-refractivity contribution is -0.849. The molecule has 8 heteroatoms. The van der Waals surface area contributed by atoms with Gasteiger partial charge in [0.05, 0.1) is 41.4 Å². The molecule has 0 bridgehead atoms. The van der Waals surface area contributed by atoms with Gasteiger partial charge in [-0.05, 0) is 6.54 Å². The van der Waals surface area contributed by atoms with Gasteiger partial charge < -0.3 is 13.8 Å². The number of quaternary nitrogens is 1. The zero-order valence-electron chi connectivity index (χ0n) is 11.9. The minimum Gasteiger partial charge on any atom is -0.726 e. The molecule has 1 aliphatic rings. The van der Waals surface area contributed by atoms with Gasteiger partial charge in [-0.15, -0.1) is 0 Å². The second kappa shape index (κ2) is 9.65. The molecule has 1 N–H and O–H groups in total. The first-order valence-corrected chi connectivity index (χ1v) is 7.07. The van der Waals surface area contributed by atoms with Crippen molar-refractivity contribution in [3.8, 4) is 0 Å². The first-order valence-electron chi connectivity index (χ1n) is 5.70. The van der Waals surface area contributed by atoms with E-state index in [1.54, 1.807) is 0 Å². The molecule has 0 aromatic carbocycles. The van der Waals surface area contributed by atoms with E-state index in [1.165, 1.54) is 6.54 Å². The maximum absolute atomic E-state index is 8.63. The zero-order valence-corrected chi connectivity index (χ0v) is 12.7. The quantitative estimate of drug-likeness (QED) is 0.403. The molecule has 1 saturated heterocycles. The average Bonchev–Trinajstić information content (AvgIpc) is 2.14. The lowest BCUT2D eigenvalue weighted by Crippen LogP contribution is -2.35. The Bertz CT molecular complexity index is 267. The van der Waals surface area contributed by atoms with Crippen LogP contribution in [-0.4, -0.2) is 87.9 Å². The summed E-state index contributed by atoms with van der Waals surface area (Å²) in [5.74, 6) is 0. The van der Waals surface area contributed by atoms with Crippen molar-refractivity contribution in [3.05, 3.63) is 0 Å². The van der Waals surface area contributed by atoms with Gasteiger partial charge >= 0.3 is 0 Å². The molecule has 0 saturated carbocycles. The highest BCUT2D eigenvalue weighted by molar-refractivity contribution is 7.79. The molecule has 7 nitrogen and oxygen atoms in total. The van der Waals surface area contributed by atoms with Crippen LogP contribution >= 0.6 is 0 Å². The second-order valence-corrected chi connectivity index (χ2v) is 6.01. The monoisotopic (exact) mass is 286 g/mol. The predicted molar refractivity (Wildman–Crippen MR) is 69.2 cm³/mol. The van der Waals surface area contributed by atoms with E-state index in [0.717, 1.165) is 30.8 Å². The highest BCUT2D eigenvalue weighted by Crippen LogP contribution is 1.93. The third kappa shape index (κ3) is 36.0. The first kappa shape index (κ1) is 20.1. The van der Waals surface area contributed by atoms with E-state index >= 15 is 0 Å². The zero-order chi connectivity index (χ0) is 14.8. The maximum atomic E-state index is 8.63. The number of hydrogen-bond acceptors (Lipinski definition) is 5. The van der Waals surface area contributed by atoms with Crippen molar-refractivity contribution in [1.82, 2.24) is 4.90 Å². The van der Waals surface area contributed by atoms with E-state index < -0.39 is 10.4 Å². The smallest absolute Gasteiger partial charge is 0.215 e. The van der Waals surface area contributed by atoms with Crippen LogP contribution in [-0.2, 0) is 15.1 Å². The SMILES string of the molecule is CCN1CCOCC1.C[N+](C)(C)C.O=S(=O)([O-])O. The molecule has 112 valence electrons. The Morgan fingerprint density at radius 1 is 1.22 bits per heavy atom. The molecule has 0 amide bonds. The summed E-state index contributed by atoms with van der Waals surface area (Å²) >= 11 is 0. The van der Waals surface area contributed by atoms with Crippen molar-refractivity contribution in [2.24, 2.45) is 0 Å². The van der Waals surface area contributed by atoms with Crippen LogP contribution in [0.15, 0.2) is 0 Å². The fourth-order valence-electron chi connectivity index (χ4n) is 0.917. The molecule has 0 radical (unpaired) electrons. The van der Waals surface area contributed by atoms with Crippen LogP contribution in [0.2, 0.25) is 0 Å². The van der Waals surface area contributed by atoms with E-state index in [4.69, 9.17) is 22.3 Å². The van der Waals surface area contributed by atoms with Crippen molar-refractivity contribution in [1.29, 1.82) is 0 Å². The van der Waals surface area contributed by atoms with Gasteiger partial charge in [0.25, 0.3) is 0 Å². The number of rotatable bonds is 1. The van der Waals surface area contributed by atoms with E-state index in [1.807, 2.05) is 0 Å². The number of hydrogen-bond donors (Lipinski definition) is 1. The molecule has 18 heavy (non-hydrogen) atoms. The highest BCUT2D eigenvalue weighted by Gasteiger charge is 2.05. The van der Waals surface area contributed by atoms with Gasteiger partial charge in [0, 0.05) is 13.1 Å². The molecule has 0 aromatic rings. The Labute approximate surface area is 111 Å². The average molecular weight is 286 g/mol. The molecule has 0 aromatic heterocycles. The molecule has 0 spiro atoms. The number of morpholine rings is 1. The summed E-state index contributed by atoms with van der Waals surface area (Å²) < 4.78 is 39.0. The van der Waals surface area contributed by atoms with E-state index in [-0.39, 0.29) is 0 Å². The molecular formula is C10H26N2O5S. The van der Waals surface area contributed by atoms with Crippen LogP contribution in [0.4, 0.5) is 0 Å². The first-order chi connectivity index (χ1) is 7.93. The van der Waals surface area contributed by atoms with E-state index in [0.29, 0.717) is 0 Å². The van der Waals surface area contributed by atoms with Gasteiger partial charge in [-0.1, -0.05) is 6.92 Å². The fraction of sp³-hybridized carbons (Fsp3) is 1.00. The normalized spacial score (nSPS) is 17.1. The largest absolute Gasteiger partial charge is 0.726 e. The van der Waals surface area contributed by atoms with Crippen molar-refractivity contribution in [3.63, 3.8) is 0 Å². The predicted octanol–water partition coefficient (Wildman–Crippen LogP) is -0.334. The van der Waals surface area contributed by atoms with Crippen molar-refractivity contribution >= 4 is 10.4 Å². The minimum absolute atomic E-state index is 0.924. The number of ether oxygens (including phenoxy) is 1. The van der Waals surface area contributed by atoms with Crippen LogP contribution in [0.3, 0.4) is 0 Å². The van der Waals surface area contributed by atoms with Crippen LogP contribution in [0.1, 0.15) is 6.92 Å². The molecule has 0 unspecified atom stereocenters. The van der Waals surface area contributed by atoms with Gasteiger partial charge in [0.2, 0.25) is 10.4 Å². The summed E-state index contributed by atoms with van der Waals surface area (Å²) in [5, 5.41) is 0.